The molecule has 4 nitrogen and oxygen atoms in total. The van der Waals surface area contributed by atoms with E-state index in [2.05, 4.69) is 10.2 Å². The molecule has 0 aliphatic carbocycles. The summed E-state index contributed by atoms with van der Waals surface area (Å²) < 4.78 is 26.5. The summed E-state index contributed by atoms with van der Waals surface area (Å²) in [4.78, 5) is 1.33. The molecule has 21 heavy (non-hydrogen) atoms. The van der Waals surface area contributed by atoms with E-state index >= 15 is 0 Å². The second-order valence-corrected chi connectivity index (χ2v) is 4.46. The van der Waals surface area contributed by atoms with Crippen LogP contribution in [0, 0.1) is 11.6 Å². The number of halogens is 2. The fourth-order valence-electron chi connectivity index (χ4n) is 1.97. The van der Waals surface area contributed by atoms with Gasteiger partial charge in [0.2, 0.25) is 0 Å². The maximum atomic E-state index is 13.7. The third-order valence-electron chi connectivity index (χ3n) is 3.03. The molecule has 0 radical (unpaired) electrons. The molecule has 0 saturated heterocycles. The fraction of sp³-hybridized carbons (Fsp3) is 0.0667. The Morgan fingerprint density at radius 3 is 2.52 bits per heavy atom. The van der Waals surface area contributed by atoms with E-state index < -0.39 is 17.7 Å². The third kappa shape index (κ3) is 2.66. The SMILES string of the molecule is OC(c1cnn(-c2ccccc2)n1)c1ccc(F)cc1F. The number of nitrogens with zero attached hydrogens (tertiary/aromatic N) is 3. The molecule has 0 amide bonds. The first-order chi connectivity index (χ1) is 10.1. The number of aliphatic hydroxyl groups excluding tert-OH is 1. The Balaban J connectivity index is 1.92. The van der Waals surface area contributed by atoms with Crippen molar-refractivity contribution in [1.82, 2.24) is 15.0 Å². The van der Waals surface area contributed by atoms with Gasteiger partial charge in [-0.2, -0.15) is 15.0 Å². The minimum absolute atomic E-state index is 0.0449. The molecule has 0 aliphatic heterocycles. The summed E-state index contributed by atoms with van der Waals surface area (Å²) in [5.41, 5.74) is 0.858. The highest BCUT2D eigenvalue weighted by atomic mass is 19.1. The van der Waals surface area contributed by atoms with Crippen LogP contribution in [0.4, 0.5) is 8.78 Å². The van der Waals surface area contributed by atoms with Gasteiger partial charge in [0.15, 0.2) is 0 Å². The topological polar surface area (TPSA) is 50.9 Å². The second-order valence-electron chi connectivity index (χ2n) is 4.46. The molecule has 106 valence electrons. The number of hydrogen-bond donors (Lipinski definition) is 1. The largest absolute Gasteiger partial charge is 0.382 e. The molecule has 1 heterocycles. The lowest BCUT2D eigenvalue weighted by atomic mass is 10.1. The molecular weight excluding hydrogens is 276 g/mol. The minimum Gasteiger partial charge on any atom is -0.382 e. The summed E-state index contributed by atoms with van der Waals surface area (Å²) in [6.45, 7) is 0. The lowest BCUT2D eigenvalue weighted by Crippen LogP contribution is -2.05. The zero-order valence-electron chi connectivity index (χ0n) is 10.8. The van der Waals surface area contributed by atoms with Crippen molar-refractivity contribution in [2.24, 2.45) is 0 Å². The third-order valence-corrected chi connectivity index (χ3v) is 3.03. The highest BCUT2D eigenvalue weighted by Gasteiger charge is 2.19. The first kappa shape index (κ1) is 13.4. The Labute approximate surface area is 119 Å². The second kappa shape index (κ2) is 5.41. The van der Waals surface area contributed by atoms with Gasteiger partial charge in [-0.3, -0.25) is 0 Å². The van der Waals surface area contributed by atoms with Crippen LogP contribution in [0.25, 0.3) is 5.69 Å². The molecule has 0 spiro atoms. The van der Waals surface area contributed by atoms with Crippen molar-refractivity contribution in [3.8, 4) is 5.69 Å². The number of benzene rings is 2. The van der Waals surface area contributed by atoms with Crippen molar-refractivity contribution >= 4 is 0 Å². The number of para-hydroxylation sites is 1. The first-order valence-corrected chi connectivity index (χ1v) is 6.26. The van der Waals surface area contributed by atoms with Crippen LogP contribution in [0.15, 0.2) is 54.7 Å². The zero-order valence-corrected chi connectivity index (χ0v) is 10.8. The Kier molecular flexibility index (Phi) is 3.45. The van der Waals surface area contributed by atoms with Crippen LogP contribution in [0.5, 0.6) is 0 Å². The molecule has 0 saturated carbocycles. The summed E-state index contributed by atoms with van der Waals surface area (Å²) in [5, 5.41) is 18.3. The van der Waals surface area contributed by atoms with E-state index in [-0.39, 0.29) is 11.3 Å². The van der Waals surface area contributed by atoms with E-state index in [1.807, 2.05) is 18.2 Å². The molecule has 0 fully saturated rings. The van der Waals surface area contributed by atoms with Gasteiger partial charge in [0.1, 0.15) is 23.4 Å². The number of hydrogen-bond acceptors (Lipinski definition) is 3. The molecule has 1 N–H and O–H groups in total. The van der Waals surface area contributed by atoms with Crippen molar-refractivity contribution in [1.29, 1.82) is 0 Å². The quantitative estimate of drug-likeness (QED) is 0.805. The van der Waals surface area contributed by atoms with Crippen LogP contribution in [-0.2, 0) is 0 Å². The van der Waals surface area contributed by atoms with E-state index in [1.165, 1.54) is 17.1 Å². The maximum Gasteiger partial charge on any atom is 0.132 e. The van der Waals surface area contributed by atoms with E-state index in [1.54, 1.807) is 12.1 Å². The predicted octanol–water partition coefficient (Wildman–Crippen LogP) is 2.63. The molecule has 6 heteroatoms. The van der Waals surface area contributed by atoms with Gasteiger partial charge in [0, 0.05) is 11.6 Å². The number of aromatic nitrogens is 3. The summed E-state index contributed by atoms with van der Waals surface area (Å²) in [7, 11) is 0. The average Bonchev–Trinajstić information content (AvgIpc) is 2.97. The summed E-state index contributed by atoms with van der Waals surface area (Å²) >= 11 is 0. The van der Waals surface area contributed by atoms with Crippen LogP contribution in [0.3, 0.4) is 0 Å². The number of aliphatic hydroxyl groups is 1. The summed E-state index contributed by atoms with van der Waals surface area (Å²) in [5.74, 6) is -1.52. The minimum atomic E-state index is -1.30. The Hall–Kier alpha value is -2.60. The van der Waals surface area contributed by atoms with Gasteiger partial charge in [-0.1, -0.05) is 24.3 Å². The van der Waals surface area contributed by atoms with Crippen molar-refractivity contribution < 1.29 is 13.9 Å². The summed E-state index contributed by atoms with van der Waals surface area (Å²) in [6, 6.07) is 12.1. The molecule has 0 bridgehead atoms. The average molecular weight is 287 g/mol. The van der Waals surface area contributed by atoms with Crippen LogP contribution in [0.1, 0.15) is 17.4 Å². The van der Waals surface area contributed by atoms with Gasteiger partial charge in [-0.25, -0.2) is 8.78 Å². The smallest absolute Gasteiger partial charge is 0.132 e. The molecule has 1 aromatic heterocycles. The van der Waals surface area contributed by atoms with Crippen molar-refractivity contribution in [3.05, 3.63) is 77.6 Å². The van der Waals surface area contributed by atoms with E-state index in [4.69, 9.17) is 0 Å². The van der Waals surface area contributed by atoms with Gasteiger partial charge in [-0.15, -0.1) is 0 Å². The van der Waals surface area contributed by atoms with Crippen LogP contribution in [-0.4, -0.2) is 20.1 Å². The normalized spacial score (nSPS) is 12.3. The van der Waals surface area contributed by atoms with Gasteiger partial charge in [0.25, 0.3) is 0 Å². The van der Waals surface area contributed by atoms with Gasteiger partial charge in [-0.05, 0) is 18.2 Å². The van der Waals surface area contributed by atoms with E-state index in [0.717, 1.165) is 17.8 Å². The highest BCUT2D eigenvalue weighted by molar-refractivity contribution is 5.30. The highest BCUT2D eigenvalue weighted by Crippen LogP contribution is 2.23. The Morgan fingerprint density at radius 2 is 1.81 bits per heavy atom. The van der Waals surface area contributed by atoms with Crippen molar-refractivity contribution in [3.63, 3.8) is 0 Å². The van der Waals surface area contributed by atoms with Crippen LogP contribution < -0.4 is 0 Å². The first-order valence-electron chi connectivity index (χ1n) is 6.26. The van der Waals surface area contributed by atoms with Crippen LogP contribution in [0.2, 0.25) is 0 Å². The molecular formula is C15H11F2N3O. The molecule has 0 aliphatic rings. The Bertz CT molecular complexity index is 759. The van der Waals surface area contributed by atoms with Crippen molar-refractivity contribution in [2.75, 3.05) is 0 Å². The lowest BCUT2D eigenvalue weighted by molar-refractivity contribution is 0.209. The van der Waals surface area contributed by atoms with Gasteiger partial charge >= 0.3 is 0 Å². The van der Waals surface area contributed by atoms with E-state index in [9.17, 15) is 13.9 Å². The monoisotopic (exact) mass is 287 g/mol. The van der Waals surface area contributed by atoms with E-state index in [0.29, 0.717) is 0 Å². The molecule has 3 aromatic rings. The zero-order chi connectivity index (χ0) is 14.8. The predicted molar refractivity (Wildman–Crippen MR) is 71.8 cm³/mol. The maximum absolute atomic E-state index is 13.7. The Morgan fingerprint density at radius 1 is 1.05 bits per heavy atom. The fourth-order valence-corrected chi connectivity index (χ4v) is 1.97. The standard InChI is InChI=1S/C15H11F2N3O/c16-10-6-7-12(13(17)8-10)15(21)14-9-18-20(19-14)11-4-2-1-3-5-11/h1-9,15,21H. The molecule has 1 atom stereocenters. The summed E-state index contributed by atoms with van der Waals surface area (Å²) in [6.07, 6.45) is 0.0450. The molecule has 2 aromatic carbocycles. The lowest BCUT2D eigenvalue weighted by Gasteiger charge is -2.08. The molecule has 1 unspecified atom stereocenters. The van der Waals surface area contributed by atoms with Gasteiger partial charge < -0.3 is 5.11 Å². The van der Waals surface area contributed by atoms with Gasteiger partial charge in [0.05, 0.1) is 11.9 Å². The number of rotatable bonds is 3. The van der Waals surface area contributed by atoms with Crippen LogP contribution >= 0.6 is 0 Å². The molecule has 3 rings (SSSR count). The van der Waals surface area contributed by atoms with Crippen molar-refractivity contribution in [2.45, 2.75) is 6.10 Å².